The number of nitrogens with zero attached hydrogens (tertiary/aromatic N) is 1. The first kappa shape index (κ1) is 11.7. The number of nitrogen functional groups attached to an aromatic ring is 1. The zero-order valence-corrected chi connectivity index (χ0v) is 9.94. The monoisotopic (exact) mass is 231 g/mol. The van der Waals surface area contributed by atoms with Gasteiger partial charge in [-0.05, 0) is 31.9 Å². The lowest BCUT2D eigenvalue weighted by atomic mass is 10.0. The Morgan fingerprint density at radius 3 is 3.06 bits per heavy atom. The largest absolute Gasteiger partial charge is 0.396 e. The van der Waals surface area contributed by atoms with E-state index in [9.17, 15) is 0 Å². The van der Waals surface area contributed by atoms with E-state index in [1.807, 2.05) is 12.1 Å². The topological polar surface area (TPSA) is 71.1 Å². The van der Waals surface area contributed by atoms with E-state index in [4.69, 9.17) is 15.7 Å². The van der Waals surface area contributed by atoms with Gasteiger partial charge in [-0.15, -0.1) is 0 Å². The first-order chi connectivity index (χ1) is 8.20. The Morgan fingerprint density at radius 2 is 2.35 bits per heavy atom. The summed E-state index contributed by atoms with van der Waals surface area (Å²) in [6, 6.07) is 7.95. The van der Waals surface area contributed by atoms with E-state index < -0.39 is 0 Å². The molecule has 2 unspecified atom stereocenters. The number of nitriles is 1. The van der Waals surface area contributed by atoms with Crippen molar-refractivity contribution < 1.29 is 4.74 Å². The maximum absolute atomic E-state index is 8.91. The molecule has 1 fully saturated rings. The van der Waals surface area contributed by atoms with Gasteiger partial charge in [-0.3, -0.25) is 0 Å². The number of nitrogens with one attached hydrogen (secondary N) is 1. The molecule has 2 rings (SSSR count). The molecule has 1 saturated heterocycles. The number of benzene rings is 1. The summed E-state index contributed by atoms with van der Waals surface area (Å²) in [6.45, 7) is 2.85. The van der Waals surface area contributed by atoms with Gasteiger partial charge >= 0.3 is 0 Å². The van der Waals surface area contributed by atoms with Crippen molar-refractivity contribution in [2.24, 2.45) is 0 Å². The zero-order chi connectivity index (χ0) is 12.3. The smallest absolute Gasteiger partial charge is 0.101 e. The number of rotatable bonds is 2. The molecule has 0 aromatic heterocycles. The van der Waals surface area contributed by atoms with E-state index in [0.717, 1.165) is 25.1 Å². The van der Waals surface area contributed by atoms with Gasteiger partial charge in [0, 0.05) is 12.6 Å². The van der Waals surface area contributed by atoms with E-state index in [1.54, 1.807) is 6.07 Å². The molecule has 1 heterocycles. The Kier molecular flexibility index (Phi) is 3.50. The zero-order valence-electron chi connectivity index (χ0n) is 9.94. The van der Waals surface area contributed by atoms with Crippen LogP contribution in [0.1, 0.15) is 25.3 Å². The van der Waals surface area contributed by atoms with E-state index in [2.05, 4.69) is 18.3 Å². The molecule has 3 N–H and O–H groups in total. The standard InChI is InChI=1S/C13H17N3O/c1-9-7-11(5-6-17-9)16-12-4-2-3-10(8-14)13(12)15/h2-4,9,11,16H,5-7,15H2,1H3. The Hall–Kier alpha value is -1.73. The first-order valence-electron chi connectivity index (χ1n) is 5.87. The number of nitrogens with two attached hydrogens (primary N) is 1. The molecule has 0 spiro atoms. The van der Waals surface area contributed by atoms with Gasteiger partial charge in [-0.1, -0.05) is 6.07 Å². The molecule has 0 aliphatic carbocycles. The Balaban J connectivity index is 2.11. The molecule has 0 bridgehead atoms. The molecule has 2 atom stereocenters. The second-order valence-electron chi connectivity index (χ2n) is 4.43. The maximum atomic E-state index is 8.91. The van der Waals surface area contributed by atoms with Crippen LogP contribution in [0.4, 0.5) is 11.4 Å². The summed E-state index contributed by atoms with van der Waals surface area (Å²) in [4.78, 5) is 0. The molecule has 1 aliphatic heterocycles. The molecule has 4 nitrogen and oxygen atoms in total. The molecule has 0 saturated carbocycles. The van der Waals surface area contributed by atoms with Gasteiger partial charge < -0.3 is 15.8 Å². The van der Waals surface area contributed by atoms with Crippen molar-refractivity contribution in [1.29, 1.82) is 5.26 Å². The molecule has 1 aliphatic rings. The van der Waals surface area contributed by atoms with Gasteiger partial charge in [0.2, 0.25) is 0 Å². The molecular weight excluding hydrogens is 214 g/mol. The lowest BCUT2D eigenvalue weighted by Crippen LogP contribution is -2.32. The summed E-state index contributed by atoms with van der Waals surface area (Å²) in [6.07, 6.45) is 2.22. The van der Waals surface area contributed by atoms with Crippen LogP contribution in [0.15, 0.2) is 18.2 Å². The highest BCUT2D eigenvalue weighted by atomic mass is 16.5. The van der Waals surface area contributed by atoms with Crippen molar-refractivity contribution in [3.8, 4) is 6.07 Å². The van der Waals surface area contributed by atoms with Crippen molar-refractivity contribution >= 4 is 11.4 Å². The molecular formula is C13H17N3O. The van der Waals surface area contributed by atoms with Gasteiger partial charge in [0.15, 0.2) is 0 Å². The summed E-state index contributed by atoms with van der Waals surface area (Å²) < 4.78 is 5.50. The predicted molar refractivity (Wildman–Crippen MR) is 67.6 cm³/mol. The van der Waals surface area contributed by atoms with Crippen molar-refractivity contribution in [2.75, 3.05) is 17.7 Å². The van der Waals surface area contributed by atoms with Gasteiger partial charge in [-0.25, -0.2) is 0 Å². The highest BCUT2D eigenvalue weighted by molar-refractivity contribution is 5.73. The van der Waals surface area contributed by atoms with E-state index in [0.29, 0.717) is 17.3 Å². The molecule has 4 heteroatoms. The normalized spacial score (nSPS) is 24.0. The van der Waals surface area contributed by atoms with Crippen molar-refractivity contribution in [2.45, 2.75) is 31.9 Å². The fraction of sp³-hybridized carbons (Fsp3) is 0.462. The van der Waals surface area contributed by atoms with E-state index in [1.165, 1.54) is 0 Å². The van der Waals surface area contributed by atoms with Crippen LogP contribution in [0, 0.1) is 11.3 Å². The van der Waals surface area contributed by atoms with E-state index in [-0.39, 0.29) is 6.10 Å². The molecule has 1 aromatic rings. The molecule has 0 amide bonds. The van der Waals surface area contributed by atoms with Crippen molar-refractivity contribution in [1.82, 2.24) is 0 Å². The van der Waals surface area contributed by atoms with Crippen molar-refractivity contribution in [3.05, 3.63) is 23.8 Å². The van der Waals surface area contributed by atoms with Crippen LogP contribution in [-0.2, 0) is 4.74 Å². The summed E-state index contributed by atoms with van der Waals surface area (Å²) in [5.74, 6) is 0. The molecule has 0 radical (unpaired) electrons. The Labute approximate surface area is 101 Å². The highest BCUT2D eigenvalue weighted by Crippen LogP contribution is 2.25. The fourth-order valence-corrected chi connectivity index (χ4v) is 2.14. The maximum Gasteiger partial charge on any atom is 0.101 e. The van der Waals surface area contributed by atoms with Crippen LogP contribution in [0.5, 0.6) is 0 Å². The van der Waals surface area contributed by atoms with Crippen LogP contribution < -0.4 is 11.1 Å². The first-order valence-corrected chi connectivity index (χ1v) is 5.87. The fourth-order valence-electron chi connectivity index (χ4n) is 2.14. The van der Waals surface area contributed by atoms with Crippen LogP contribution in [0.2, 0.25) is 0 Å². The minimum atomic E-state index is 0.279. The average molecular weight is 231 g/mol. The molecule has 90 valence electrons. The number of hydrogen-bond donors (Lipinski definition) is 2. The van der Waals surface area contributed by atoms with Gasteiger partial charge in [0.05, 0.1) is 23.0 Å². The molecule has 1 aromatic carbocycles. The SMILES string of the molecule is CC1CC(Nc2cccc(C#N)c2N)CCO1. The van der Waals surface area contributed by atoms with E-state index >= 15 is 0 Å². The third-order valence-electron chi connectivity index (χ3n) is 3.07. The molecule has 17 heavy (non-hydrogen) atoms. The Bertz CT molecular complexity index is 439. The summed E-state index contributed by atoms with van der Waals surface area (Å²) in [5.41, 5.74) is 7.84. The minimum absolute atomic E-state index is 0.279. The minimum Gasteiger partial charge on any atom is -0.396 e. The third kappa shape index (κ3) is 2.69. The second kappa shape index (κ2) is 5.07. The average Bonchev–Trinajstić information content (AvgIpc) is 2.32. The van der Waals surface area contributed by atoms with Gasteiger partial charge in [-0.2, -0.15) is 5.26 Å². The lowest BCUT2D eigenvalue weighted by molar-refractivity contribution is 0.0232. The summed E-state index contributed by atoms with van der Waals surface area (Å²) in [7, 11) is 0. The third-order valence-corrected chi connectivity index (χ3v) is 3.07. The van der Waals surface area contributed by atoms with Crippen molar-refractivity contribution in [3.63, 3.8) is 0 Å². The lowest BCUT2D eigenvalue weighted by Gasteiger charge is -2.29. The second-order valence-corrected chi connectivity index (χ2v) is 4.43. The number of anilines is 2. The summed E-state index contributed by atoms with van der Waals surface area (Å²) >= 11 is 0. The van der Waals surface area contributed by atoms with Crippen LogP contribution in [-0.4, -0.2) is 18.8 Å². The summed E-state index contributed by atoms with van der Waals surface area (Å²) in [5, 5.41) is 12.3. The van der Waals surface area contributed by atoms with Gasteiger partial charge in [0.25, 0.3) is 0 Å². The number of ether oxygens (including phenoxy) is 1. The van der Waals surface area contributed by atoms with Crippen LogP contribution in [0.3, 0.4) is 0 Å². The number of para-hydroxylation sites is 1. The van der Waals surface area contributed by atoms with Crippen LogP contribution >= 0.6 is 0 Å². The van der Waals surface area contributed by atoms with Crippen LogP contribution in [0.25, 0.3) is 0 Å². The number of hydrogen-bond acceptors (Lipinski definition) is 4. The Morgan fingerprint density at radius 1 is 1.53 bits per heavy atom. The predicted octanol–water partition coefficient (Wildman–Crippen LogP) is 2.12. The highest BCUT2D eigenvalue weighted by Gasteiger charge is 2.19. The quantitative estimate of drug-likeness (QED) is 0.765. The van der Waals surface area contributed by atoms with Gasteiger partial charge in [0.1, 0.15) is 6.07 Å².